The Hall–Kier alpha value is -2.60. The second-order valence-corrected chi connectivity index (χ2v) is 7.89. The molecule has 3 aromatic rings. The second-order valence-electron chi connectivity index (χ2n) is 6.95. The van der Waals surface area contributed by atoms with E-state index in [0.29, 0.717) is 11.3 Å². The third-order valence-corrected chi connectivity index (χ3v) is 6.29. The number of nitrogens with one attached hydrogen (secondary N) is 1. The van der Waals surface area contributed by atoms with Crippen LogP contribution in [0.4, 0.5) is 11.4 Å². The summed E-state index contributed by atoms with van der Waals surface area (Å²) < 4.78 is 0. The van der Waals surface area contributed by atoms with Crippen molar-refractivity contribution in [2.75, 3.05) is 5.32 Å². The number of anilines is 1. The Labute approximate surface area is 178 Å². The van der Waals surface area contributed by atoms with Crippen LogP contribution in [0.3, 0.4) is 0 Å². The normalized spacial score (nSPS) is 19.8. The van der Waals surface area contributed by atoms with Gasteiger partial charge in [-0.1, -0.05) is 60.7 Å². The molecule has 1 heterocycles. The van der Waals surface area contributed by atoms with Gasteiger partial charge in [0.05, 0.1) is 27.3 Å². The topological polar surface area (TPSA) is 75.4 Å². The Morgan fingerprint density at radius 1 is 0.966 bits per heavy atom. The molecule has 0 saturated carbocycles. The molecule has 0 unspecified atom stereocenters. The van der Waals surface area contributed by atoms with Gasteiger partial charge in [-0.3, -0.25) is 10.1 Å². The summed E-state index contributed by atoms with van der Waals surface area (Å²) >= 11 is 13.2. The van der Waals surface area contributed by atoms with Crippen LogP contribution in [0.25, 0.3) is 0 Å². The molecule has 0 spiro atoms. The molecular formula is C22H18Cl2N2O3. The molecule has 0 radical (unpaired) electrons. The van der Waals surface area contributed by atoms with Crippen molar-refractivity contribution in [1.29, 1.82) is 0 Å². The van der Waals surface area contributed by atoms with Crippen molar-refractivity contribution in [3.63, 3.8) is 0 Å². The van der Waals surface area contributed by atoms with Crippen LogP contribution in [0.15, 0.2) is 72.8 Å². The van der Waals surface area contributed by atoms with Crippen molar-refractivity contribution in [2.45, 2.75) is 22.9 Å². The van der Waals surface area contributed by atoms with Crippen LogP contribution >= 0.6 is 23.2 Å². The molecule has 5 nitrogen and oxygen atoms in total. The molecule has 1 aliphatic heterocycles. The number of rotatable bonds is 5. The maximum absolute atomic E-state index is 11.7. The van der Waals surface area contributed by atoms with Crippen LogP contribution in [0.2, 0.25) is 0 Å². The maximum atomic E-state index is 11.7. The van der Waals surface area contributed by atoms with Gasteiger partial charge in [0, 0.05) is 17.3 Å². The van der Waals surface area contributed by atoms with Gasteiger partial charge < -0.3 is 10.4 Å². The molecule has 0 aliphatic carbocycles. The lowest BCUT2D eigenvalue weighted by atomic mass is 9.95. The zero-order valence-corrected chi connectivity index (χ0v) is 16.7. The quantitative estimate of drug-likeness (QED) is 0.294. The van der Waals surface area contributed by atoms with Crippen molar-refractivity contribution in [3.05, 3.63) is 105 Å². The molecule has 0 bridgehead atoms. The van der Waals surface area contributed by atoms with Gasteiger partial charge in [-0.15, -0.1) is 23.2 Å². The van der Waals surface area contributed by atoms with Gasteiger partial charge in [-0.25, -0.2) is 0 Å². The van der Waals surface area contributed by atoms with Gasteiger partial charge in [-0.2, -0.15) is 0 Å². The summed E-state index contributed by atoms with van der Waals surface area (Å²) in [7, 11) is 0. The van der Waals surface area contributed by atoms with Crippen molar-refractivity contribution < 1.29 is 10.0 Å². The van der Waals surface area contributed by atoms with Crippen molar-refractivity contribution in [3.8, 4) is 0 Å². The molecule has 0 saturated heterocycles. The molecule has 148 valence electrons. The lowest BCUT2D eigenvalue weighted by Gasteiger charge is -2.18. The van der Waals surface area contributed by atoms with E-state index in [9.17, 15) is 15.2 Å². The number of nitro benzene ring substituents is 1. The van der Waals surface area contributed by atoms with Gasteiger partial charge in [0.2, 0.25) is 0 Å². The number of aliphatic hydroxyl groups is 1. The Kier molecular flexibility index (Phi) is 5.46. The third kappa shape index (κ3) is 3.69. The highest BCUT2D eigenvalue weighted by molar-refractivity contribution is 6.30. The van der Waals surface area contributed by atoms with Crippen LogP contribution in [0.5, 0.6) is 0 Å². The van der Waals surface area contributed by atoms with Crippen LogP contribution in [0, 0.1) is 10.1 Å². The van der Waals surface area contributed by atoms with Crippen molar-refractivity contribution in [1.82, 2.24) is 0 Å². The zero-order valence-electron chi connectivity index (χ0n) is 15.2. The van der Waals surface area contributed by atoms with Gasteiger partial charge in [-0.05, 0) is 17.2 Å². The first-order valence-corrected chi connectivity index (χ1v) is 9.99. The summed E-state index contributed by atoms with van der Waals surface area (Å²) in [6.07, 6.45) is -0.860. The summed E-state index contributed by atoms with van der Waals surface area (Å²) in [5, 5.41) is 24.3. The van der Waals surface area contributed by atoms with Crippen molar-refractivity contribution >= 4 is 34.6 Å². The van der Waals surface area contributed by atoms with Gasteiger partial charge in [0.1, 0.15) is 6.10 Å². The molecule has 4 atom stereocenters. The van der Waals surface area contributed by atoms with E-state index in [1.54, 1.807) is 6.07 Å². The predicted molar refractivity (Wildman–Crippen MR) is 114 cm³/mol. The monoisotopic (exact) mass is 428 g/mol. The molecule has 0 fully saturated rings. The number of halogens is 2. The van der Waals surface area contributed by atoms with Gasteiger partial charge in [0.15, 0.2) is 0 Å². The molecular weight excluding hydrogens is 411 g/mol. The van der Waals surface area contributed by atoms with E-state index in [1.807, 2.05) is 60.7 Å². The molecule has 7 heteroatoms. The first-order valence-electron chi connectivity index (χ1n) is 9.12. The van der Waals surface area contributed by atoms with E-state index >= 15 is 0 Å². The fourth-order valence-corrected chi connectivity index (χ4v) is 4.29. The molecule has 4 rings (SSSR count). The smallest absolute Gasteiger partial charge is 0.276 e. The highest BCUT2D eigenvalue weighted by Crippen LogP contribution is 2.49. The number of fused-ring (bicyclic) bond motifs is 1. The second kappa shape index (κ2) is 8.03. The number of nitro groups is 1. The minimum Gasteiger partial charge on any atom is -0.386 e. The van der Waals surface area contributed by atoms with E-state index < -0.39 is 27.8 Å². The first kappa shape index (κ1) is 19.7. The standard InChI is InChI=1S/C22H18Cl2N2O3/c23-19(13-7-3-1-4-8-13)20(24)16-11-15-17(12-18(16)26(28)29)25-21(22(15)27)14-9-5-2-6-10-14/h1-12,19-22,25,27H/t19-,20+,21-,22+/m1/s1. The number of aliphatic hydroxyl groups excluding tert-OH is 1. The van der Waals surface area contributed by atoms with Crippen LogP contribution < -0.4 is 5.32 Å². The lowest BCUT2D eigenvalue weighted by Crippen LogP contribution is -2.10. The lowest BCUT2D eigenvalue weighted by molar-refractivity contribution is -0.385. The largest absolute Gasteiger partial charge is 0.386 e. The molecule has 0 amide bonds. The summed E-state index contributed by atoms with van der Waals surface area (Å²) in [6, 6.07) is 21.3. The molecule has 0 aromatic heterocycles. The Bertz CT molecular complexity index is 1030. The highest BCUT2D eigenvalue weighted by atomic mass is 35.5. The third-order valence-electron chi connectivity index (χ3n) is 5.17. The molecule has 1 aliphatic rings. The van der Waals surface area contributed by atoms with Crippen LogP contribution in [0.1, 0.15) is 45.2 Å². The number of hydrogen-bond acceptors (Lipinski definition) is 4. The summed E-state index contributed by atoms with van der Waals surface area (Å²) in [5.74, 6) is 0. The maximum Gasteiger partial charge on any atom is 0.276 e. The summed E-state index contributed by atoms with van der Waals surface area (Å²) in [5.41, 5.74) is 2.92. The Morgan fingerprint density at radius 2 is 1.59 bits per heavy atom. The van der Waals surface area contributed by atoms with E-state index in [2.05, 4.69) is 5.32 Å². The van der Waals surface area contributed by atoms with Gasteiger partial charge >= 0.3 is 0 Å². The van der Waals surface area contributed by atoms with Crippen LogP contribution in [-0.2, 0) is 0 Å². The summed E-state index contributed by atoms with van der Waals surface area (Å²) in [4.78, 5) is 11.3. The average Bonchev–Trinajstić information content (AvgIpc) is 3.08. The van der Waals surface area contributed by atoms with E-state index in [-0.39, 0.29) is 11.3 Å². The van der Waals surface area contributed by atoms with Gasteiger partial charge in [0.25, 0.3) is 5.69 Å². The SMILES string of the molecule is O=[N+]([O-])c1cc2c(cc1[C@H](Cl)[C@H](Cl)c1ccccc1)[C@H](O)[C@@H](c1ccccc1)N2. The molecule has 2 N–H and O–H groups in total. The predicted octanol–water partition coefficient (Wildman–Crippen LogP) is 6.06. The fourth-order valence-electron chi connectivity index (χ4n) is 3.69. The Morgan fingerprint density at radius 3 is 2.21 bits per heavy atom. The van der Waals surface area contributed by atoms with E-state index in [0.717, 1.165) is 11.1 Å². The number of hydrogen-bond donors (Lipinski definition) is 2. The minimum absolute atomic E-state index is 0.126. The first-order chi connectivity index (χ1) is 14.0. The fraction of sp³-hybridized carbons (Fsp3) is 0.182. The Balaban J connectivity index is 1.74. The van der Waals surface area contributed by atoms with E-state index in [4.69, 9.17) is 23.2 Å². The zero-order chi connectivity index (χ0) is 20.5. The highest BCUT2D eigenvalue weighted by Gasteiger charge is 2.36. The molecule has 3 aromatic carbocycles. The van der Waals surface area contributed by atoms with E-state index in [1.165, 1.54) is 6.07 Å². The minimum atomic E-state index is -0.860. The molecule has 29 heavy (non-hydrogen) atoms. The van der Waals surface area contributed by atoms with Crippen LogP contribution in [-0.4, -0.2) is 10.0 Å². The number of nitrogens with zero attached hydrogens (tertiary/aromatic N) is 1. The number of alkyl halides is 2. The van der Waals surface area contributed by atoms with Crippen molar-refractivity contribution in [2.24, 2.45) is 0 Å². The average molecular weight is 429 g/mol. The number of benzene rings is 3. The summed E-state index contributed by atoms with van der Waals surface area (Å²) in [6.45, 7) is 0.